The van der Waals surface area contributed by atoms with Crippen LogP contribution in [0.2, 0.25) is 0 Å². The van der Waals surface area contributed by atoms with E-state index < -0.39 is 0 Å². The summed E-state index contributed by atoms with van der Waals surface area (Å²) in [7, 11) is 0. The second-order valence-electron chi connectivity index (χ2n) is 5.17. The molecule has 0 amide bonds. The van der Waals surface area contributed by atoms with Crippen molar-refractivity contribution in [2.45, 2.75) is 52.5 Å². The number of aromatic nitrogens is 4. The van der Waals surface area contributed by atoms with Crippen LogP contribution in [0.1, 0.15) is 51.3 Å². The second kappa shape index (κ2) is 6.50. The maximum absolute atomic E-state index is 5.70. The van der Waals surface area contributed by atoms with E-state index in [0.717, 1.165) is 29.8 Å². The van der Waals surface area contributed by atoms with Gasteiger partial charge in [-0.25, -0.2) is 9.97 Å². The molecule has 0 aliphatic rings. The molecule has 2 aromatic rings. The zero-order valence-electron chi connectivity index (χ0n) is 12.5. The second-order valence-corrected chi connectivity index (χ2v) is 5.17. The van der Waals surface area contributed by atoms with E-state index in [1.165, 1.54) is 12.8 Å². The van der Waals surface area contributed by atoms with Gasteiger partial charge >= 0.3 is 0 Å². The number of nitrogen functional groups attached to an aromatic ring is 1. The zero-order chi connectivity index (χ0) is 14.5. The molecular formula is C15H23N5. The standard InChI is InChI=1S/C15H23N5/c1-4-6-13(7-5-2)20-10-12(8-18-20)14-9-17-15(16)11(3)19-14/h8-10,13H,4-7H2,1-3H3,(H2,16,17). The highest BCUT2D eigenvalue weighted by molar-refractivity contribution is 5.57. The predicted octanol–water partition coefficient (Wildman–Crippen LogP) is 3.37. The SMILES string of the molecule is CCCC(CCC)n1cc(-c2cnc(N)c(C)n2)cn1. The lowest BCUT2D eigenvalue weighted by Gasteiger charge is -2.15. The van der Waals surface area contributed by atoms with Crippen LogP contribution in [0, 0.1) is 6.92 Å². The number of nitrogens with zero attached hydrogens (tertiary/aromatic N) is 4. The Kier molecular flexibility index (Phi) is 4.71. The molecule has 0 aliphatic carbocycles. The van der Waals surface area contributed by atoms with Crippen molar-refractivity contribution in [1.29, 1.82) is 0 Å². The van der Waals surface area contributed by atoms with E-state index >= 15 is 0 Å². The van der Waals surface area contributed by atoms with E-state index in [9.17, 15) is 0 Å². The molecule has 0 saturated carbocycles. The molecular weight excluding hydrogens is 250 g/mol. The van der Waals surface area contributed by atoms with Gasteiger partial charge in [0, 0.05) is 11.8 Å². The Morgan fingerprint density at radius 1 is 1.20 bits per heavy atom. The molecule has 2 N–H and O–H groups in total. The third kappa shape index (κ3) is 3.15. The van der Waals surface area contributed by atoms with Crippen LogP contribution in [0.15, 0.2) is 18.6 Å². The van der Waals surface area contributed by atoms with Gasteiger partial charge in [0.05, 0.1) is 29.8 Å². The smallest absolute Gasteiger partial charge is 0.144 e. The van der Waals surface area contributed by atoms with Gasteiger partial charge in [0.2, 0.25) is 0 Å². The summed E-state index contributed by atoms with van der Waals surface area (Å²) in [6.45, 7) is 6.29. The molecule has 0 aromatic carbocycles. The van der Waals surface area contributed by atoms with E-state index in [4.69, 9.17) is 5.73 Å². The lowest BCUT2D eigenvalue weighted by atomic mass is 10.1. The Labute approximate surface area is 120 Å². The fraction of sp³-hybridized carbons (Fsp3) is 0.533. The van der Waals surface area contributed by atoms with Crippen LogP contribution in [0.4, 0.5) is 5.82 Å². The third-order valence-electron chi connectivity index (χ3n) is 3.50. The van der Waals surface area contributed by atoms with Gasteiger partial charge < -0.3 is 5.73 Å². The van der Waals surface area contributed by atoms with Crippen molar-refractivity contribution in [3.8, 4) is 11.3 Å². The Hall–Kier alpha value is -1.91. The van der Waals surface area contributed by atoms with Crippen molar-refractivity contribution in [1.82, 2.24) is 19.7 Å². The summed E-state index contributed by atoms with van der Waals surface area (Å²) in [5, 5.41) is 4.50. The van der Waals surface area contributed by atoms with E-state index in [-0.39, 0.29) is 0 Å². The van der Waals surface area contributed by atoms with Crippen LogP contribution in [0.25, 0.3) is 11.3 Å². The molecule has 2 rings (SSSR count). The molecule has 0 radical (unpaired) electrons. The third-order valence-corrected chi connectivity index (χ3v) is 3.50. The fourth-order valence-corrected chi connectivity index (χ4v) is 2.38. The number of hydrogen-bond acceptors (Lipinski definition) is 4. The van der Waals surface area contributed by atoms with Crippen LogP contribution in [-0.4, -0.2) is 19.7 Å². The van der Waals surface area contributed by atoms with Gasteiger partial charge in [-0.3, -0.25) is 4.68 Å². The molecule has 0 spiro atoms. The van der Waals surface area contributed by atoms with E-state index in [0.29, 0.717) is 11.9 Å². The van der Waals surface area contributed by atoms with Gasteiger partial charge in [0.15, 0.2) is 0 Å². The van der Waals surface area contributed by atoms with Crippen LogP contribution in [0.5, 0.6) is 0 Å². The lowest BCUT2D eigenvalue weighted by molar-refractivity contribution is 0.391. The molecule has 0 atom stereocenters. The van der Waals surface area contributed by atoms with Gasteiger partial charge in [-0.15, -0.1) is 0 Å². The minimum atomic E-state index is 0.474. The minimum absolute atomic E-state index is 0.474. The van der Waals surface area contributed by atoms with Crippen LogP contribution in [-0.2, 0) is 0 Å². The van der Waals surface area contributed by atoms with Crippen LogP contribution in [0.3, 0.4) is 0 Å². The highest BCUT2D eigenvalue weighted by Gasteiger charge is 2.12. The van der Waals surface area contributed by atoms with Crippen molar-refractivity contribution in [2.75, 3.05) is 5.73 Å². The summed E-state index contributed by atoms with van der Waals surface area (Å²) in [6.07, 6.45) is 10.3. The molecule has 5 heteroatoms. The van der Waals surface area contributed by atoms with Crippen LogP contribution >= 0.6 is 0 Å². The molecule has 0 saturated heterocycles. The normalized spacial score (nSPS) is 11.2. The first-order valence-electron chi connectivity index (χ1n) is 7.29. The summed E-state index contributed by atoms with van der Waals surface area (Å²) >= 11 is 0. The Bertz CT molecular complexity index is 555. The number of hydrogen-bond donors (Lipinski definition) is 1. The highest BCUT2D eigenvalue weighted by Crippen LogP contribution is 2.23. The average Bonchev–Trinajstić information content (AvgIpc) is 2.91. The van der Waals surface area contributed by atoms with Gasteiger partial charge in [0.25, 0.3) is 0 Å². The first kappa shape index (κ1) is 14.5. The maximum Gasteiger partial charge on any atom is 0.144 e. The molecule has 0 bridgehead atoms. The molecule has 0 aliphatic heterocycles. The van der Waals surface area contributed by atoms with E-state index in [1.807, 2.05) is 13.1 Å². The molecule has 20 heavy (non-hydrogen) atoms. The Morgan fingerprint density at radius 2 is 1.90 bits per heavy atom. The minimum Gasteiger partial charge on any atom is -0.382 e. The number of aryl methyl sites for hydroxylation is 1. The lowest BCUT2D eigenvalue weighted by Crippen LogP contribution is -2.09. The summed E-state index contributed by atoms with van der Waals surface area (Å²) < 4.78 is 2.07. The average molecular weight is 273 g/mol. The quantitative estimate of drug-likeness (QED) is 0.876. The van der Waals surface area contributed by atoms with Crippen LogP contribution < -0.4 is 5.73 Å². The van der Waals surface area contributed by atoms with Gasteiger partial charge in [-0.05, 0) is 19.8 Å². The van der Waals surface area contributed by atoms with Gasteiger partial charge in [0.1, 0.15) is 5.82 Å². The molecule has 108 valence electrons. The summed E-state index contributed by atoms with van der Waals surface area (Å²) in [5.41, 5.74) is 8.29. The Morgan fingerprint density at radius 3 is 2.50 bits per heavy atom. The van der Waals surface area contributed by atoms with Crippen molar-refractivity contribution in [3.05, 3.63) is 24.3 Å². The predicted molar refractivity (Wildman–Crippen MR) is 81.3 cm³/mol. The first-order valence-corrected chi connectivity index (χ1v) is 7.29. The monoisotopic (exact) mass is 273 g/mol. The molecule has 0 unspecified atom stereocenters. The Balaban J connectivity index is 2.24. The molecule has 0 fully saturated rings. The zero-order valence-corrected chi connectivity index (χ0v) is 12.5. The summed E-state index contributed by atoms with van der Waals surface area (Å²) in [5.74, 6) is 0.482. The van der Waals surface area contributed by atoms with E-state index in [2.05, 4.69) is 39.8 Å². The number of anilines is 1. The largest absolute Gasteiger partial charge is 0.382 e. The molecule has 2 heterocycles. The highest BCUT2D eigenvalue weighted by atomic mass is 15.3. The van der Waals surface area contributed by atoms with E-state index in [1.54, 1.807) is 6.20 Å². The van der Waals surface area contributed by atoms with Crippen molar-refractivity contribution in [2.24, 2.45) is 0 Å². The molecule has 2 aromatic heterocycles. The van der Waals surface area contributed by atoms with Crippen molar-refractivity contribution in [3.63, 3.8) is 0 Å². The molecule has 5 nitrogen and oxygen atoms in total. The topological polar surface area (TPSA) is 69.6 Å². The first-order chi connectivity index (χ1) is 9.65. The van der Waals surface area contributed by atoms with Crippen molar-refractivity contribution >= 4 is 5.82 Å². The van der Waals surface area contributed by atoms with Gasteiger partial charge in [-0.2, -0.15) is 5.10 Å². The van der Waals surface area contributed by atoms with Gasteiger partial charge in [-0.1, -0.05) is 26.7 Å². The fourth-order valence-electron chi connectivity index (χ4n) is 2.38. The number of rotatable bonds is 6. The van der Waals surface area contributed by atoms with Crippen molar-refractivity contribution < 1.29 is 0 Å². The summed E-state index contributed by atoms with van der Waals surface area (Å²) in [4.78, 5) is 8.63. The summed E-state index contributed by atoms with van der Waals surface area (Å²) in [6, 6.07) is 0.474. The maximum atomic E-state index is 5.70. The number of nitrogens with two attached hydrogens (primary N) is 1.